The van der Waals surface area contributed by atoms with Gasteiger partial charge in [-0.05, 0) is 46.7 Å². The summed E-state index contributed by atoms with van der Waals surface area (Å²) in [4.78, 5) is 13.6. The summed E-state index contributed by atoms with van der Waals surface area (Å²) in [7, 11) is 2.01. The van der Waals surface area contributed by atoms with Crippen molar-refractivity contribution in [2.45, 2.75) is 45.1 Å². The molecular formula is C12H23NO2. The van der Waals surface area contributed by atoms with Crippen molar-refractivity contribution in [1.29, 1.82) is 0 Å². The smallest absolute Gasteiger partial charge is 0.136 e. The predicted molar refractivity (Wildman–Crippen MR) is 60.8 cm³/mol. The quantitative estimate of drug-likeness (QED) is 0.751. The molecular weight excluding hydrogens is 190 g/mol. The second-order valence-corrected chi connectivity index (χ2v) is 5.24. The highest BCUT2D eigenvalue weighted by Gasteiger charge is 2.27. The summed E-state index contributed by atoms with van der Waals surface area (Å²) in [5, 5.41) is 9.20. The van der Waals surface area contributed by atoms with Crippen molar-refractivity contribution < 1.29 is 9.90 Å². The zero-order valence-electron chi connectivity index (χ0n) is 10.1. The van der Waals surface area contributed by atoms with Crippen LogP contribution in [-0.4, -0.2) is 41.5 Å². The van der Waals surface area contributed by atoms with Gasteiger partial charge in [0.2, 0.25) is 0 Å². The highest BCUT2D eigenvalue weighted by Crippen LogP contribution is 2.25. The summed E-state index contributed by atoms with van der Waals surface area (Å²) in [6.07, 6.45) is 3.85. The summed E-state index contributed by atoms with van der Waals surface area (Å²) in [6.45, 7) is 5.08. The second-order valence-electron chi connectivity index (χ2n) is 5.24. The number of ketones is 1. The monoisotopic (exact) mass is 213 g/mol. The van der Waals surface area contributed by atoms with E-state index in [1.54, 1.807) is 0 Å². The molecule has 0 heterocycles. The van der Waals surface area contributed by atoms with Gasteiger partial charge in [-0.15, -0.1) is 0 Å². The first-order valence-corrected chi connectivity index (χ1v) is 5.82. The molecule has 0 saturated heterocycles. The van der Waals surface area contributed by atoms with E-state index < -0.39 is 0 Å². The fourth-order valence-electron chi connectivity index (χ4n) is 1.97. The maximum Gasteiger partial charge on any atom is 0.136 e. The molecule has 0 aromatic rings. The van der Waals surface area contributed by atoms with Gasteiger partial charge in [0.25, 0.3) is 0 Å². The molecule has 88 valence electrons. The first kappa shape index (κ1) is 12.7. The summed E-state index contributed by atoms with van der Waals surface area (Å²) >= 11 is 0. The van der Waals surface area contributed by atoms with Crippen molar-refractivity contribution in [3.63, 3.8) is 0 Å². The number of rotatable bonds is 5. The van der Waals surface area contributed by atoms with E-state index in [0.717, 1.165) is 32.2 Å². The Kier molecular flexibility index (Phi) is 4.29. The molecule has 1 fully saturated rings. The van der Waals surface area contributed by atoms with Crippen LogP contribution in [0, 0.1) is 5.92 Å². The Labute approximate surface area is 92.5 Å². The Morgan fingerprint density at radius 3 is 2.67 bits per heavy atom. The molecule has 0 aromatic carbocycles. The van der Waals surface area contributed by atoms with Crippen molar-refractivity contribution in [2.24, 2.45) is 5.92 Å². The number of Topliss-reactive ketones (excluding diaryl/α,β-unsaturated/α-hetero) is 1. The molecule has 3 nitrogen and oxygen atoms in total. The van der Waals surface area contributed by atoms with E-state index in [-0.39, 0.29) is 18.1 Å². The molecule has 1 aliphatic carbocycles. The first-order chi connectivity index (χ1) is 6.97. The lowest BCUT2D eigenvalue weighted by molar-refractivity contribution is -0.121. The molecule has 1 rings (SSSR count). The molecule has 0 spiro atoms. The third kappa shape index (κ3) is 3.28. The lowest BCUT2D eigenvalue weighted by Crippen LogP contribution is -2.45. The van der Waals surface area contributed by atoms with Crippen molar-refractivity contribution >= 4 is 5.78 Å². The van der Waals surface area contributed by atoms with Gasteiger partial charge in [0.05, 0.1) is 6.61 Å². The van der Waals surface area contributed by atoms with Crippen LogP contribution in [0.5, 0.6) is 0 Å². The summed E-state index contributed by atoms with van der Waals surface area (Å²) in [5.41, 5.74) is -0.179. The van der Waals surface area contributed by atoms with Crippen molar-refractivity contribution in [1.82, 2.24) is 4.90 Å². The Bertz CT molecular complexity index is 226. The van der Waals surface area contributed by atoms with Gasteiger partial charge in [0, 0.05) is 17.9 Å². The van der Waals surface area contributed by atoms with Gasteiger partial charge < -0.3 is 5.11 Å². The molecule has 0 amide bonds. The highest BCUT2D eigenvalue weighted by atomic mass is 16.3. The lowest BCUT2D eigenvalue weighted by Gasteiger charge is -2.34. The van der Waals surface area contributed by atoms with Crippen LogP contribution in [0.15, 0.2) is 0 Å². The summed E-state index contributed by atoms with van der Waals surface area (Å²) in [5.74, 6) is 0.715. The normalized spacial score (nSPS) is 22.7. The van der Waals surface area contributed by atoms with E-state index in [1.807, 2.05) is 20.9 Å². The minimum atomic E-state index is -0.179. The number of aliphatic hydroxyl groups is 1. The lowest BCUT2D eigenvalue weighted by atomic mass is 10.00. The van der Waals surface area contributed by atoms with E-state index in [2.05, 4.69) is 4.90 Å². The van der Waals surface area contributed by atoms with Crippen molar-refractivity contribution in [3.05, 3.63) is 0 Å². The third-order valence-corrected chi connectivity index (χ3v) is 3.66. The molecule has 1 unspecified atom stereocenters. The van der Waals surface area contributed by atoms with E-state index in [0.29, 0.717) is 5.78 Å². The van der Waals surface area contributed by atoms with Crippen LogP contribution >= 0.6 is 0 Å². The van der Waals surface area contributed by atoms with Crippen molar-refractivity contribution in [2.75, 3.05) is 20.2 Å². The number of carbonyl (C=O) groups excluding carboxylic acids is 1. The van der Waals surface area contributed by atoms with Gasteiger partial charge >= 0.3 is 0 Å². The Hall–Kier alpha value is -0.410. The fraction of sp³-hybridized carbons (Fsp3) is 0.917. The van der Waals surface area contributed by atoms with Crippen molar-refractivity contribution in [3.8, 4) is 0 Å². The van der Waals surface area contributed by atoms with Crippen LogP contribution in [0.25, 0.3) is 0 Å². The minimum absolute atomic E-state index is 0.155. The molecule has 0 bridgehead atoms. The number of hydrogen-bond donors (Lipinski definition) is 1. The number of likely N-dealkylation sites (N-methyl/N-ethyl adjacent to an activating group) is 1. The number of aliphatic hydroxyl groups excluding tert-OH is 1. The maximum absolute atomic E-state index is 11.4. The average molecular weight is 213 g/mol. The fourth-order valence-corrected chi connectivity index (χ4v) is 1.97. The SMILES string of the molecule is CN(CCC1CCCC1=O)C(C)(C)CO. The molecule has 1 aliphatic rings. The van der Waals surface area contributed by atoms with E-state index in [9.17, 15) is 9.90 Å². The first-order valence-electron chi connectivity index (χ1n) is 5.82. The predicted octanol–water partition coefficient (Wildman–Crippen LogP) is 1.45. The van der Waals surface area contributed by atoms with Crippen LogP contribution < -0.4 is 0 Å². The zero-order valence-corrected chi connectivity index (χ0v) is 10.1. The van der Waals surface area contributed by atoms with Crippen LogP contribution in [0.3, 0.4) is 0 Å². The Morgan fingerprint density at radius 2 is 2.20 bits per heavy atom. The molecule has 3 heteroatoms. The van der Waals surface area contributed by atoms with Gasteiger partial charge in [-0.3, -0.25) is 9.69 Å². The van der Waals surface area contributed by atoms with Gasteiger partial charge in [-0.2, -0.15) is 0 Å². The standard InChI is InChI=1S/C12H23NO2/c1-12(2,9-14)13(3)8-7-10-5-4-6-11(10)15/h10,14H,4-9H2,1-3H3. The van der Waals surface area contributed by atoms with Crippen LogP contribution in [0.2, 0.25) is 0 Å². The third-order valence-electron chi connectivity index (χ3n) is 3.66. The van der Waals surface area contributed by atoms with Crippen LogP contribution in [0.4, 0.5) is 0 Å². The van der Waals surface area contributed by atoms with Crippen LogP contribution in [0.1, 0.15) is 39.5 Å². The number of hydrogen-bond acceptors (Lipinski definition) is 3. The molecule has 0 aromatic heterocycles. The number of carbonyl (C=O) groups is 1. The van der Waals surface area contributed by atoms with E-state index in [4.69, 9.17) is 0 Å². The van der Waals surface area contributed by atoms with E-state index >= 15 is 0 Å². The average Bonchev–Trinajstić information content (AvgIpc) is 2.60. The minimum Gasteiger partial charge on any atom is -0.394 e. The van der Waals surface area contributed by atoms with Gasteiger partial charge in [0.1, 0.15) is 5.78 Å². The van der Waals surface area contributed by atoms with Gasteiger partial charge in [-0.1, -0.05) is 0 Å². The topological polar surface area (TPSA) is 40.5 Å². The molecule has 0 aliphatic heterocycles. The Balaban J connectivity index is 2.33. The number of nitrogens with zero attached hydrogens (tertiary/aromatic N) is 1. The molecule has 15 heavy (non-hydrogen) atoms. The summed E-state index contributed by atoms with van der Waals surface area (Å²) < 4.78 is 0. The summed E-state index contributed by atoms with van der Waals surface area (Å²) in [6, 6.07) is 0. The Morgan fingerprint density at radius 1 is 1.53 bits per heavy atom. The molecule has 1 saturated carbocycles. The highest BCUT2D eigenvalue weighted by molar-refractivity contribution is 5.82. The van der Waals surface area contributed by atoms with Crippen LogP contribution in [-0.2, 0) is 4.79 Å². The molecule has 1 atom stereocenters. The van der Waals surface area contributed by atoms with E-state index in [1.165, 1.54) is 0 Å². The maximum atomic E-state index is 11.4. The molecule has 0 radical (unpaired) electrons. The van der Waals surface area contributed by atoms with Gasteiger partial charge in [-0.25, -0.2) is 0 Å². The second kappa shape index (κ2) is 5.08. The zero-order chi connectivity index (χ0) is 11.5. The molecule has 1 N–H and O–H groups in total. The van der Waals surface area contributed by atoms with Gasteiger partial charge in [0.15, 0.2) is 0 Å². The largest absolute Gasteiger partial charge is 0.394 e.